The number of benzene rings is 1. The minimum atomic E-state index is -0.313. The molecular weight excluding hydrogens is 352 g/mol. The molecule has 1 aromatic carbocycles. The van der Waals surface area contributed by atoms with Gasteiger partial charge < -0.3 is 9.80 Å². The number of aromatic nitrogens is 4. The lowest BCUT2D eigenvalue weighted by atomic mass is 10.2. The lowest BCUT2D eigenvalue weighted by molar-refractivity contribution is 0.642. The van der Waals surface area contributed by atoms with E-state index in [4.69, 9.17) is 11.6 Å². The van der Waals surface area contributed by atoms with Gasteiger partial charge in [-0.15, -0.1) is 0 Å². The summed E-state index contributed by atoms with van der Waals surface area (Å²) in [6.45, 7) is 3.01. The number of halogens is 1. The largest absolute Gasteiger partial charge is 0.365 e. The Kier molecular flexibility index (Phi) is 4.53. The second-order valence-electron chi connectivity index (χ2n) is 5.93. The molecule has 26 heavy (non-hydrogen) atoms. The molecular formula is C18H17ClN6O. The average Bonchev–Trinajstić information content (AvgIpc) is 2.71. The molecule has 7 nitrogen and oxygen atoms in total. The zero-order chi connectivity index (χ0) is 17.9. The number of para-hydroxylation sites is 1. The van der Waals surface area contributed by atoms with E-state index in [1.165, 1.54) is 4.68 Å². The summed E-state index contributed by atoms with van der Waals surface area (Å²) in [7, 11) is 0. The second kappa shape index (κ2) is 7.13. The molecule has 1 aliphatic rings. The van der Waals surface area contributed by atoms with Crippen LogP contribution in [0.2, 0.25) is 5.02 Å². The number of hydrogen-bond acceptors (Lipinski definition) is 6. The Hall–Kier alpha value is -2.93. The molecule has 0 saturated carbocycles. The molecule has 3 aromatic rings. The first-order valence-electron chi connectivity index (χ1n) is 8.33. The Morgan fingerprint density at radius 2 is 1.65 bits per heavy atom. The molecule has 1 fully saturated rings. The molecule has 2 aromatic heterocycles. The predicted octanol–water partition coefficient (Wildman–Crippen LogP) is 2.00. The van der Waals surface area contributed by atoms with Crippen molar-refractivity contribution < 1.29 is 0 Å². The van der Waals surface area contributed by atoms with E-state index < -0.39 is 0 Å². The molecule has 0 unspecified atom stereocenters. The van der Waals surface area contributed by atoms with Gasteiger partial charge in [0.05, 0.1) is 23.8 Å². The maximum atomic E-state index is 12.6. The molecule has 0 spiro atoms. The third-order valence-corrected chi connectivity index (χ3v) is 4.75. The summed E-state index contributed by atoms with van der Waals surface area (Å²) < 4.78 is 1.32. The van der Waals surface area contributed by atoms with Gasteiger partial charge in [0.2, 0.25) is 0 Å². The van der Waals surface area contributed by atoms with Crippen LogP contribution in [0.5, 0.6) is 0 Å². The normalized spacial score (nSPS) is 14.5. The maximum Gasteiger partial charge on any atom is 0.292 e. The highest BCUT2D eigenvalue weighted by atomic mass is 35.5. The van der Waals surface area contributed by atoms with Crippen molar-refractivity contribution >= 4 is 23.1 Å². The van der Waals surface area contributed by atoms with Crippen molar-refractivity contribution in [1.29, 1.82) is 0 Å². The van der Waals surface area contributed by atoms with Crippen molar-refractivity contribution in [2.75, 3.05) is 36.0 Å². The number of anilines is 2. The Bertz CT molecular complexity index is 939. The van der Waals surface area contributed by atoms with Crippen molar-refractivity contribution in [3.63, 3.8) is 0 Å². The topological polar surface area (TPSA) is 67.2 Å². The Balaban J connectivity index is 1.54. The van der Waals surface area contributed by atoms with Crippen LogP contribution in [0.15, 0.2) is 59.9 Å². The fourth-order valence-corrected chi connectivity index (χ4v) is 3.28. The van der Waals surface area contributed by atoms with Crippen LogP contribution in [-0.4, -0.2) is 45.9 Å². The van der Waals surface area contributed by atoms with E-state index in [1.54, 1.807) is 24.8 Å². The first kappa shape index (κ1) is 16.5. The standard InChI is InChI=1S/C18H17ClN6O/c19-17-15(12-22-25(18(17)26)14-4-2-1-3-5-14)23-8-10-24(11-9-23)16-13-20-6-7-21-16/h1-7,12-13H,8-11H2. The Morgan fingerprint density at radius 3 is 2.35 bits per heavy atom. The highest BCUT2D eigenvalue weighted by molar-refractivity contribution is 6.33. The summed E-state index contributed by atoms with van der Waals surface area (Å²) >= 11 is 6.38. The highest BCUT2D eigenvalue weighted by Crippen LogP contribution is 2.24. The minimum absolute atomic E-state index is 0.191. The number of rotatable bonds is 3. The molecule has 1 saturated heterocycles. The lowest BCUT2D eigenvalue weighted by Crippen LogP contribution is -2.47. The number of nitrogens with zero attached hydrogens (tertiary/aromatic N) is 6. The van der Waals surface area contributed by atoms with Crippen molar-refractivity contribution in [3.8, 4) is 5.69 Å². The number of hydrogen-bond donors (Lipinski definition) is 0. The molecule has 0 N–H and O–H groups in total. The molecule has 0 amide bonds. The van der Waals surface area contributed by atoms with Crippen LogP contribution in [0, 0.1) is 0 Å². The van der Waals surface area contributed by atoms with E-state index in [1.807, 2.05) is 30.3 Å². The van der Waals surface area contributed by atoms with Crippen LogP contribution >= 0.6 is 11.6 Å². The molecule has 4 rings (SSSR count). The Labute approximate surface area is 155 Å². The van der Waals surface area contributed by atoms with Gasteiger partial charge in [-0.25, -0.2) is 4.98 Å². The molecule has 0 radical (unpaired) electrons. The van der Waals surface area contributed by atoms with Crippen molar-refractivity contribution in [3.05, 3.63) is 70.5 Å². The molecule has 3 heterocycles. The van der Waals surface area contributed by atoms with Crippen LogP contribution in [0.3, 0.4) is 0 Å². The van der Waals surface area contributed by atoms with Crippen LogP contribution in [0.25, 0.3) is 5.69 Å². The van der Waals surface area contributed by atoms with E-state index in [9.17, 15) is 4.79 Å². The molecule has 132 valence electrons. The zero-order valence-electron chi connectivity index (χ0n) is 14.0. The van der Waals surface area contributed by atoms with Crippen molar-refractivity contribution in [1.82, 2.24) is 19.7 Å². The van der Waals surface area contributed by atoms with Crippen molar-refractivity contribution in [2.24, 2.45) is 0 Å². The van der Waals surface area contributed by atoms with E-state index in [2.05, 4.69) is 24.9 Å². The van der Waals surface area contributed by atoms with Gasteiger partial charge >= 0.3 is 0 Å². The summed E-state index contributed by atoms with van der Waals surface area (Å²) in [4.78, 5) is 25.3. The summed E-state index contributed by atoms with van der Waals surface area (Å²) in [6, 6.07) is 9.25. The quantitative estimate of drug-likeness (QED) is 0.704. The molecule has 0 bridgehead atoms. The summed E-state index contributed by atoms with van der Waals surface area (Å²) in [5.74, 6) is 0.857. The first-order valence-corrected chi connectivity index (χ1v) is 8.71. The average molecular weight is 369 g/mol. The van der Waals surface area contributed by atoms with E-state index in [0.717, 1.165) is 32.0 Å². The van der Waals surface area contributed by atoms with Crippen LogP contribution in [0.4, 0.5) is 11.5 Å². The van der Waals surface area contributed by atoms with Crippen LogP contribution in [-0.2, 0) is 0 Å². The van der Waals surface area contributed by atoms with Gasteiger partial charge in [0.25, 0.3) is 5.56 Å². The van der Waals surface area contributed by atoms with Gasteiger partial charge in [0.15, 0.2) is 0 Å². The molecule has 1 aliphatic heterocycles. The van der Waals surface area contributed by atoms with Crippen LogP contribution in [0.1, 0.15) is 0 Å². The van der Waals surface area contributed by atoms with E-state index >= 15 is 0 Å². The van der Waals surface area contributed by atoms with E-state index in [0.29, 0.717) is 11.4 Å². The summed E-state index contributed by atoms with van der Waals surface area (Å²) in [5.41, 5.74) is 1.05. The maximum absolute atomic E-state index is 12.6. The van der Waals surface area contributed by atoms with Crippen molar-refractivity contribution in [2.45, 2.75) is 0 Å². The number of piperazine rings is 1. The molecule has 0 aliphatic carbocycles. The second-order valence-corrected chi connectivity index (χ2v) is 6.31. The van der Waals surface area contributed by atoms with E-state index in [-0.39, 0.29) is 10.6 Å². The molecule has 0 atom stereocenters. The summed E-state index contributed by atoms with van der Waals surface area (Å²) in [5, 5.41) is 4.50. The van der Waals surface area contributed by atoms with Gasteiger partial charge in [0.1, 0.15) is 10.8 Å². The molecule has 8 heteroatoms. The Morgan fingerprint density at radius 1 is 0.923 bits per heavy atom. The van der Waals surface area contributed by atoms with Gasteiger partial charge in [-0.2, -0.15) is 9.78 Å². The monoisotopic (exact) mass is 368 g/mol. The highest BCUT2D eigenvalue weighted by Gasteiger charge is 2.22. The predicted molar refractivity (Wildman–Crippen MR) is 101 cm³/mol. The first-order chi connectivity index (χ1) is 12.7. The smallest absolute Gasteiger partial charge is 0.292 e. The SMILES string of the molecule is O=c1c(Cl)c(N2CCN(c3cnccn3)CC2)cnn1-c1ccccc1. The van der Waals surface area contributed by atoms with Crippen LogP contribution < -0.4 is 15.4 Å². The van der Waals surface area contributed by atoms with Gasteiger partial charge in [-0.1, -0.05) is 29.8 Å². The van der Waals surface area contributed by atoms with Gasteiger partial charge in [-0.05, 0) is 12.1 Å². The third kappa shape index (κ3) is 3.13. The minimum Gasteiger partial charge on any atom is -0.365 e. The van der Waals surface area contributed by atoms with Gasteiger partial charge in [-0.3, -0.25) is 9.78 Å². The van der Waals surface area contributed by atoms with Gasteiger partial charge in [0, 0.05) is 38.6 Å². The zero-order valence-corrected chi connectivity index (χ0v) is 14.8. The fraction of sp³-hybridized carbons (Fsp3) is 0.222. The fourth-order valence-electron chi connectivity index (χ4n) is 3.03. The lowest BCUT2D eigenvalue weighted by Gasteiger charge is -2.36. The summed E-state index contributed by atoms with van der Waals surface area (Å²) in [6.07, 6.45) is 6.76. The third-order valence-electron chi connectivity index (χ3n) is 4.40.